The molecule has 0 aliphatic rings. The summed E-state index contributed by atoms with van der Waals surface area (Å²) in [5.74, 6) is -0.160. The van der Waals surface area contributed by atoms with E-state index in [4.69, 9.17) is 15.2 Å². The fraction of sp³-hybridized carbons (Fsp3) is 0.222. The summed E-state index contributed by atoms with van der Waals surface area (Å²) in [6, 6.07) is 9.16. The lowest BCUT2D eigenvalue weighted by atomic mass is 10.2. The normalized spacial score (nSPS) is 10.6. The lowest BCUT2D eigenvalue weighted by Gasteiger charge is -2.11. The first-order chi connectivity index (χ1) is 13.0. The summed E-state index contributed by atoms with van der Waals surface area (Å²) in [5.41, 5.74) is 8.98. The molecule has 142 valence electrons. The van der Waals surface area contributed by atoms with Gasteiger partial charge in [-0.1, -0.05) is 6.92 Å². The number of nitro benzene ring substituents is 1. The predicted molar refractivity (Wildman–Crippen MR) is 101 cm³/mol. The van der Waals surface area contributed by atoms with E-state index in [1.54, 1.807) is 24.3 Å². The fourth-order valence-corrected chi connectivity index (χ4v) is 2.18. The van der Waals surface area contributed by atoms with E-state index in [0.29, 0.717) is 29.8 Å². The van der Waals surface area contributed by atoms with Gasteiger partial charge in [0.1, 0.15) is 0 Å². The number of rotatable bonds is 8. The highest BCUT2D eigenvalue weighted by Crippen LogP contribution is 2.38. The Hall–Kier alpha value is -3.62. The largest absolute Gasteiger partial charge is 0.493 e. The van der Waals surface area contributed by atoms with Gasteiger partial charge in [-0.3, -0.25) is 14.9 Å². The Morgan fingerprint density at radius 1 is 1.33 bits per heavy atom. The Morgan fingerprint density at radius 3 is 2.63 bits per heavy atom. The summed E-state index contributed by atoms with van der Waals surface area (Å²) >= 11 is 0. The van der Waals surface area contributed by atoms with Gasteiger partial charge in [0.2, 0.25) is 5.75 Å². The van der Waals surface area contributed by atoms with E-state index in [2.05, 4.69) is 10.5 Å². The number of hydrogen-bond donors (Lipinski definition) is 2. The lowest BCUT2D eigenvalue weighted by molar-refractivity contribution is -0.386. The quantitative estimate of drug-likeness (QED) is 0.317. The third-order valence-corrected chi connectivity index (χ3v) is 3.48. The number of amides is 1. The number of anilines is 1. The molecule has 0 aliphatic carbocycles. The number of ether oxygens (including phenoxy) is 2. The zero-order chi connectivity index (χ0) is 19.8. The van der Waals surface area contributed by atoms with E-state index in [-0.39, 0.29) is 17.2 Å². The average molecular weight is 372 g/mol. The van der Waals surface area contributed by atoms with Crippen LogP contribution >= 0.6 is 0 Å². The molecule has 27 heavy (non-hydrogen) atoms. The maximum absolute atomic E-state index is 12.0. The highest BCUT2D eigenvalue weighted by atomic mass is 16.6. The Kier molecular flexibility index (Phi) is 6.70. The second-order valence-electron chi connectivity index (χ2n) is 5.50. The Labute approximate surface area is 155 Å². The van der Waals surface area contributed by atoms with Gasteiger partial charge in [-0.2, -0.15) is 5.10 Å². The van der Waals surface area contributed by atoms with Gasteiger partial charge in [0.15, 0.2) is 5.75 Å². The van der Waals surface area contributed by atoms with Crippen LogP contribution in [0, 0.1) is 10.1 Å². The first-order valence-electron chi connectivity index (χ1n) is 8.14. The van der Waals surface area contributed by atoms with Gasteiger partial charge in [-0.05, 0) is 36.8 Å². The van der Waals surface area contributed by atoms with Crippen molar-refractivity contribution in [1.29, 1.82) is 0 Å². The highest BCUT2D eigenvalue weighted by molar-refractivity contribution is 5.95. The van der Waals surface area contributed by atoms with Crippen LogP contribution in [0.4, 0.5) is 11.4 Å². The fourth-order valence-electron chi connectivity index (χ4n) is 2.18. The smallest absolute Gasteiger partial charge is 0.315 e. The maximum atomic E-state index is 12.0. The van der Waals surface area contributed by atoms with Crippen LogP contribution in [0.5, 0.6) is 11.5 Å². The van der Waals surface area contributed by atoms with E-state index in [9.17, 15) is 14.9 Å². The van der Waals surface area contributed by atoms with E-state index >= 15 is 0 Å². The first-order valence-corrected chi connectivity index (χ1v) is 8.14. The monoisotopic (exact) mass is 372 g/mol. The minimum absolute atomic E-state index is 0.0624. The van der Waals surface area contributed by atoms with Gasteiger partial charge in [-0.25, -0.2) is 5.43 Å². The molecule has 0 unspecified atom stereocenters. The number of hydrazone groups is 1. The molecule has 0 radical (unpaired) electrons. The molecule has 0 bridgehead atoms. The predicted octanol–water partition coefficient (Wildman–Crippen LogP) is 2.74. The van der Waals surface area contributed by atoms with E-state index in [1.165, 1.54) is 25.5 Å². The number of nitrogens with one attached hydrogen (secondary N) is 1. The zero-order valence-electron chi connectivity index (χ0n) is 15.0. The number of methoxy groups -OCH3 is 1. The van der Waals surface area contributed by atoms with Crippen LogP contribution in [-0.2, 0) is 0 Å². The summed E-state index contributed by atoms with van der Waals surface area (Å²) < 4.78 is 10.6. The number of carbonyl (C=O) groups is 1. The standard InChI is InChI=1S/C18H20N4O5/c1-3-8-27-17-15(22(24)25)9-12(10-16(17)26-2)11-20-21-18(23)13-4-6-14(19)7-5-13/h4-7,9-11H,3,8,19H2,1-2H3,(H,21,23)/b20-11-. The Morgan fingerprint density at radius 2 is 2.04 bits per heavy atom. The molecule has 9 nitrogen and oxygen atoms in total. The number of nitrogens with zero attached hydrogens (tertiary/aromatic N) is 2. The van der Waals surface area contributed by atoms with Crippen LogP contribution in [0.1, 0.15) is 29.3 Å². The van der Waals surface area contributed by atoms with Gasteiger partial charge in [0, 0.05) is 22.9 Å². The van der Waals surface area contributed by atoms with Gasteiger partial charge in [-0.15, -0.1) is 0 Å². The SMILES string of the molecule is CCCOc1c(OC)cc(/C=N\NC(=O)c2ccc(N)cc2)cc1[N+](=O)[O-]. The number of carbonyl (C=O) groups excluding carboxylic acids is 1. The van der Waals surface area contributed by atoms with E-state index < -0.39 is 10.8 Å². The number of nitrogen functional groups attached to an aromatic ring is 1. The molecule has 2 aromatic rings. The minimum Gasteiger partial charge on any atom is -0.493 e. The summed E-state index contributed by atoms with van der Waals surface area (Å²) in [6.45, 7) is 2.21. The van der Waals surface area contributed by atoms with Crippen LogP contribution in [0.25, 0.3) is 0 Å². The molecule has 0 aliphatic heterocycles. The van der Waals surface area contributed by atoms with Crippen molar-refractivity contribution in [2.45, 2.75) is 13.3 Å². The number of nitro groups is 1. The topological polar surface area (TPSA) is 129 Å². The molecule has 9 heteroatoms. The number of hydrogen-bond acceptors (Lipinski definition) is 7. The first kappa shape index (κ1) is 19.7. The second kappa shape index (κ2) is 9.18. The summed E-state index contributed by atoms with van der Waals surface area (Å²) in [7, 11) is 1.39. The second-order valence-corrected chi connectivity index (χ2v) is 5.50. The van der Waals surface area contributed by atoms with Crippen LogP contribution in [0.3, 0.4) is 0 Å². The molecule has 0 spiro atoms. The summed E-state index contributed by atoms with van der Waals surface area (Å²) in [6.07, 6.45) is 1.98. The molecule has 0 aromatic heterocycles. The third-order valence-electron chi connectivity index (χ3n) is 3.48. The average Bonchev–Trinajstić information content (AvgIpc) is 2.66. The third kappa shape index (κ3) is 5.18. The number of benzene rings is 2. The molecule has 0 saturated heterocycles. The number of nitrogens with two attached hydrogens (primary N) is 1. The van der Waals surface area contributed by atoms with Crippen molar-refractivity contribution >= 4 is 23.5 Å². The Bertz CT molecular complexity index is 850. The molecule has 0 fully saturated rings. The molecule has 0 saturated carbocycles. The van der Waals surface area contributed by atoms with Crippen molar-refractivity contribution in [2.75, 3.05) is 19.5 Å². The zero-order valence-corrected chi connectivity index (χ0v) is 15.0. The van der Waals surface area contributed by atoms with Crippen molar-refractivity contribution in [3.63, 3.8) is 0 Å². The van der Waals surface area contributed by atoms with Gasteiger partial charge in [0.25, 0.3) is 5.91 Å². The van der Waals surface area contributed by atoms with Crippen molar-refractivity contribution < 1.29 is 19.2 Å². The molecule has 0 atom stereocenters. The molecule has 0 heterocycles. The highest BCUT2D eigenvalue weighted by Gasteiger charge is 2.21. The maximum Gasteiger partial charge on any atom is 0.315 e. The van der Waals surface area contributed by atoms with E-state index in [1.807, 2.05) is 6.92 Å². The molecule has 2 rings (SSSR count). The van der Waals surface area contributed by atoms with Crippen molar-refractivity contribution in [2.24, 2.45) is 5.10 Å². The summed E-state index contributed by atoms with van der Waals surface area (Å²) in [4.78, 5) is 22.8. The van der Waals surface area contributed by atoms with Crippen LogP contribution in [-0.4, -0.2) is 30.8 Å². The molecule has 1 amide bonds. The van der Waals surface area contributed by atoms with Crippen molar-refractivity contribution in [3.8, 4) is 11.5 Å². The Balaban J connectivity index is 2.21. The van der Waals surface area contributed by atoms with Crippen LogP contribution < -0.4 is 20.6 Å². The van der Waals surface area contributed by atoms with Crippen molar-refractivity contribution in [1.82, 2.24) is 5.43 Å². The van der Waals surface area contributed by atoms with Gasteiger partial charge in [0.05, 0.1) is 24.9 Å². The summed E-state index contributed by atoms with van der Waals surface area (Å²) in [5, 5.41) is 15.2. The molecular formula is C18H20N4O5. The molecule has 2 aromatic carbocycles. The van der Waals surface area contributed by atoms with Crippen molar-refractivity contribution in [3.05, 3.63) is 57.6 Å². The molecule has 3 N–H and O–H groups in total. The van der Waals surface area contributed by atoms with Gasteiger partial charge >= 0.3 is 5.69 Å². The molecular weight excluding hydrogens is 352 g/mol. The minimum atomic E-state index is -0.558. The van der Waals surface area contributed by atoms with Crippen LogP contribution in [0.2, 0.25) is 0 Å². The van der Waals surface area contributed by atoms with Gasteiger partial charge < -0.3 is 15.2 Å². The van der Waals surface area contributed by atoms with Crippen LogP contribution in [0.15, 0.2) is 41.5 Å². The lowest BCUT2D eigenvalue weighted by Crippen LogP contribution is -2.17. The van der Waals surface area contributed by atoms with E-state index in [0.717, 1.165) is 0 Å².